The van der Waals surface area contributed by atoms with Gasteiger partial charge < -0.3 is 5.73 Å². The average molecular weight is 138 g/mol. The van der Waals surface area contributed by atoms with Crippen molar-refractivity contribution in [2.75, 3.05) is 5.73 Å². The molecule has 0 aliphatic rings. The van der Waals surface area contributed by atoms with Crippen molar-refractivity contribution < 1.29 is 0 Å². The predicted octanol–water partition coefficient (Wildman–Crippen LogP) is 0.542. The number of hydrogen-bond donors (Lipinski definition) is 1. The van der Waals surface area contributed by atoms with E-state index in [1.165, 1.54) is 6.20 Å². The zero-order chi connectivity index (χ0) is 4.41. The Morgan fingerprint density at radius 3 is 2.57 bits per heavy atom. The summed E-state index contributed by atoms with van der Waals surface area (Å²) in [5.41, 5.74) is 5.11. The normalized spacial score (nSPS) is 7.43. The smallest absolute Gasteiger partial charge is 0.157 e. The van der Waals surface area contributed by atoms with Crippen LogP contribution in [0.3, 0.4) is 0 Å². The summed E-state index contributed by atoms with van der Waals surface area (Å²) >= 11 is 1.11. The second kappa shape index (κ2) is 2.76. The number of anilines is 1. The van der Waals surface area contributed by atoms with Gasteiger partial charge in [0.1, 0.15) is 0 Å². The molecular weight excluding hydrogens is 134 g/mol. The lowest BCUT2D eigenvalue weighted by atomic mass is 10.8. The highest BCUT2D eigenvalue weighted by atomic mass is 35.5. The highest BCUT2D eigenvalue weighted by Crippen LogP contribution is 1.91. The Labute approximate surface area is 51.3 Å². The molecule has 0 fully saturated rings. The summed E-state index contributed by atoms with van der Waals surface area (Å²) in [6, 6.07) is 0. The monoisotopic (exact) mass is 137 g/mol. The van der Waals surface area contributed by atoms with Crippen molar-refractivity contribution in [3.05, 3.63) is 6.20 Å². The highest BCUT2D eigenvalue weighted by Gasteiger charge is 1.78. The molecule has 1 aromatic rings. The molecule has 0 radical (unpaired) electrons. The van der Waals surface area contributed by atoms with Crippen molar-refractivity contribution in [3.63, 3.8) is 0 Å². The standard InChI is InChI=1S/C2H3N3S.ClH/c3-2-1-4-6-5-2;/h1H,(H2,3,5);1H. The van der Waals surface area contributed by atoms with Crippen LogP contribution < -0.4 is 5.73 Å². The van der Waals surface area contributed by atoms with Crippen molar-refractivity contribution >= 4 is 30.0 Å². The van der Waals surface area contributed by atoms with Gasteiger partial charge in [0.2, 0.25) is 0 Å². The van der Waals surface area contributed by atoms with Gasteiger partial charge >= 0.3 is 0 Å². The molecule has 3 nitrogen and oxygen atoms in total. The summed E-state index contributed by atoms with van der Waals surface area (Å²) in [4.78, 5) is 0. The van der Waals surface area contributed by atoms with E-state index in [9.17, 15) is 0 Å². The van der Waals surface area contributed by atoms with Gasteiger partial charge in [-0.05, 0) is 0 Å². The number of hydrogen-bond acceptors (Lipinski definition) is 4. The van der Waals surface area contributed by atoms with Crippen LogP contribution in [0.2, 0.25) is 0 Å². The first-order valence-electron chi connectivity index (χ1n) is 1.42. The Morgan fingerprint density at radius 2 is 2.43 bits per heavy atom. The number of nitrogen functional groups attached to an aromatic ring is 1. The fraction of sp³-hybridized carbons (Fsp3) is 0. The molecule has 0 bridgehead atoms. The molecule has 5 heteroatoms. The predicted molar refractivity (Wildman–Crippen MR) is 31.6 cm³/mol. The zero-order valence-electron chi connectivity index (χ0n) is 3.37. The van der Waals surface area contributed by atoms with Gasteiger partial charge in [-0.3, -0.25) is 0 Å². The number of aromatic nitrogens is 2. The van der Waals surface area contributed by atoms with Crippen LogP contribution in [0.4, 0.5) is 5.82 Å². The molecule has 0 amide bonds. The van der Waals surface area contributed by atoms with Crippen molar-refractivity contribution in [2.24, 2.45) is 0 Å². The van der Waals surface area contributed by atoms with E-state index in [0.717, 1.165) is 11.7 Å². The molecule has 0 aliphatic carbocycles. The van der Waals surface area contributed by atoms with Crippen LogP contribution in [0, 0.1) is 0 Å². The molecule has 0 aliphatic heterocycles. The molecule has 7 heavy (non-hydrogen) atoms. The van der Waals surface area contributed by atoms with Gasteiger partial charge in [0.05, 0.1) is 17.9 Å². The quantitative estimate of drug-likeness (QED) is 0.568. The third kappa shape index (κ3) is 1.70. The Kier molecular flexibility index (Phi) is 2.62. The first-order chi connectivity index (χ1) is 2.89. The fourth-order valence-corrected chi connectivity index (χ4v) is 0.516. The fourth-order valence-electron chi connectivity index (χ4n) is 0.172. The molecule has 0 aromatic carbocycles. The largest absolute Gasteiger partial charge is 0.382 e. The van der Waals surface area contributed by atoms with E-state index < -0.39 is 0 Å². The average Bonchev–Trinajstić information content (AvgIpc) is 1.86. The lowest BCUT2D eigenvalue weighted by molar-refractivity contribution is 1.52. The maximum absolute atomic E-state index is 5.11. The van der Waals surface area contributed by atoms with Crippen molar-refractivity contribution in [1.82, 2.24) is 8.75 Å². The van der Waals surface area contributed by atoms with E-state index in [1.807, 2.05) is 0 Å². The van der Waals surface area contributed by atoms with Crippen LogP contribution in [0.5, 0.6) is 0 Å². The van der Waals surface area contributed by atoms with Gasteiger partial charge in [-0.15, -0.1) is 12.4 Å². The molecule has 0 atom stereocenters. The summed E-state index contributed by atoms with van der Waals surface area (Å²) in [5, 5.41) is 0. The van der Waals surface area contributed by atoms with E-state index in [2.05, 4.69) is 8.75 Å². The van der Waals surface area contributed by atoms with Crippen LogP contribution in [0.1, 0.15) is 0 Å². The molecule has 1 aromatic heterocycles. The topological polar surface area (TPSA) is 51.8 Å². The van der Waals surface area contributed by atoms with Gasteiger partial charge in [0.15, 0.2) is 5.82 Å². The van der Waals surface area contributed by atoms with Crippen LogP contribution in [-0.4, -0.2) is 8.75 Å². The maximum atomic E-state index is 5.11. The van der Waals surface area contributed by atoms with E-state index in [-0.39, 0.29) is 12.4 Å². The minimum atomic E-state index is 0. The summed E-state index contributed by atoms with van der Waals surface area (Å²) in [6.07, 6.45) is 1.52. The summed E-state index contributed by atoms with van der Waals surface area (Å²) in [6.45, 7) is 0. The maximum Gasteiger partial charge on any atom is 0.157 e. The Morgan fingerprint density at radius 1 is 1.71 bits per heavy atom. The molecule has 1 rings (SSSR count). The van der Waals surface area contributed by atoms with E-state index >= 15 is 0 Å². The lowest BCUT2D eigenvalue weighted by Gasteiger charge is -1.64. The molecule has 40 valence electrons. The van der Waals surface area contributed by atoms with Crippen LogP contribution >= 0.6 is 24.1 Å². The Bertz CT molecular complexity index is 116. The van der Waals surface area contributed by atoms with Gasteiger partial charge in [0, 0.05) is 0 Å². The molecule has 0 spiro atoms. The third-order valence-corrected chi connectivity index (χ3v) is 0.871. The van der Waals surface area contributed by atoms with E-state index in [1.54, 1.807) is 0 Å². The zero-order valence-corrected chi connectivity index (χ0v) is 5.00. The van der Waals surface area contributed by atoms with Gasteiger partial charge in [0.25, 0.3) is 0 Å². The van der Waals surface area contributed by atoms with Gasteiger partial charge in [-0.2, -0.15) is 8.75 Å². The molecule has 0 saturated heterocycles. The number of nitrogens with zero attached hydrogens (tertiary/aromatic N) is 2. The second-order valence-corrected chi connectivity index (χ2v) is 1.39. The molecular formula is C2H4ClN3S. The Hall–Kier alpha value is -0.350. The summed E-state index contributed by atoms with van der Waals surface area (Å²) in [5.74, 6) is 0.500. The molecule has 0 saturated carbocycles. The van der Waals surface area contributed by atoms with Crippen LogP contribution in [0.25, 0.3) is 0 Å². The van der Waals surface area contributed by atoms with Gasteiger partial charge in [-0.25, -0.2) is 0 Å². The summed E-state index contributed by atoms with van der Waals surface area (Å²) < 4.78 is 7.25. The molecule has 0 unspecified atom stereocenters. The first-order valence-corrected chi connectivity index (χ1v) is 2.15. The second-order valence-electron chi connectivity index (χ2n) is 0.832. The van der Waals surface area contributed by atoms with Gasteiger partial charge in [-0.1, -0.05) is 0 Å². The van der Waals surface area contributed by atoms with E-state index in [0.29, 0.717) is 5.82 Å². The first kappa shape index (κ1) is 6.65. The minimum absolute atomic E-state index is 0. The van der Waals surface area contributed by atoms with Crippen molar-refractivity contribution in [2.45, 2.75) is 0 Å². The van der Waals surface area contributed by atoms with Crippen molar-refractivity contribution in [1.29, 1.82) is 0 Å². The highest BCUT2D eigenvalue weighted by molar-refractivity contribution is 6.99. The summed E-state index contributed by atoms with van der Waals surface area (Å²) in [7, 11) is 0. The SMILES string of the molecule is Cl.Nc1cnsn1. The number of halogens is 1. The Balaban J connectivity index is 0.000000360. The molecule has 1 heterocycles. The lowest BCUT2D eigenvalue weighted by Crippen LogP contribution is -1.79. The van der Waals surface area contributed by atoms with Crippen molar-refractivity contribution in [3.8, 4) is 0 Å². The van der Waals surface area contributed by atoms with Crippen LogP contribution in [-0.2, 0) is 0 Å². The van der Waals surface area contributed by atoms with E-state index in [4.69, 9.17) is 5.73 Å². The minimum Gasteiger partial charge on any atom is -0.382 e. The third-order valence-electron chi connectivity index (χ3n) is 0.378. The number of rotatable bonds is 0. The molecule has 2 N–H and O–H groups in total. The number of nitrogens with two attached hydrogens (primary N) is 1. The van der Waals surface area contributed by atoms with Crippen LogP contribution in [0.15, 0.2) is 6.20 Å².